The minimum atomic E-state index is -5.75. The summed E-state index contributed by atoms with van der Waals surface area (Å²) in [7, 11) is -25.5. The Morgan fingerprint density at radius 2 is 1.53 bits per heavy atom. The average molecular weight is 1200 g/mol. The first-order valence-corrected chi connectivity index (χ1v) is 32.5. The van der Waals surface area contributed by atoms with Crippen molar-refractivity contribution in [1.29, 1.82) is 0 Å². The van der Waals surface area contributed by atoms with Gasteiger partial charge in [0, 0.05) is 67.0 Å². The van der Waals surface area contributed by atoms with Crippen LogP contribution in [0.4, 0.5) is 17.2 Å². The molecule has 4 aromatic rings. The molecule has 0 bridgehead atoms. The van der Waals surface area contributed by atoms with Crippen LogP contribution in [0.3, 0.4) is 0 Å². The summed E-state index contributed by atoms with van der Waals surface area (Å²) in [5.41, 5.74) is 9.05. The number of anilines is 2. The number of nitrogens with zero attached hydrogens (tertiary/aromatic N) is 6. The Hall–Kier alpha value is -4.68. The van der Waals surface area contributed by atoms with Gasteiger partial charge < -0.3 is 45.6 Å². The standard InChI is InChI=1S/C46H62N9O19P3S2/c1-4-53-33-18-16-29(78(65,66)67)23-31(33)45(2)26-46(3)32-24-30(79(68,69)70)17-19-34(32)54(37(46)14-12-13-36(45)53)22-11-7-8-15-38(56)48-20-9-5-6-10-21-52-75(59,60)73-77(63,64)74-76(61,62)71-25-35-40(57)41(58)44(72-35)55-28-51-39-42(47)49-27-50-43(39)55/h12-14,16-19,23-24,27-28,35,40-41,44,57-58H,4-11,15,20-22,25-26H2,1-3H3,(H8-,47,48,49,50,52,56,59,60,61,62,63,64,65,66,67,68,69,70)/p+1/t35-,40-,41-,44-,45?,46?/m1/s1. The molecule has 1 fully saturated rings. The summed E-state index contributed by atoms with van der Waals surface area (Å²) >= 11 is 0. The lowest BCUT2D eigenvalue weighted by Crippen LogP contribution is -2.41. The third-order valence-electron chi connectivity index (χ3n) is 14.4. The minimum absolute atomic E-state index is 0.0268. The molecule has 0 spiro atoms. The van der Waals surface area contributed by atoms with Gasteiger partial charge in [0.15, 0.2) is 23.4 Å². The maximum atomic E-state index is 12.8. The van der Waals surface area contributed by atoms with Gasteiger partial charge in [-0.15, -0.1) is 0 Å². The fourth-order valence-corrected chi connectivity index (χ4v) is 15.6. The molecule has 0 saturated carbocycles. The van der Waals surface area contributed by atoms with Gasteiger partial charge in [0.1, 0.15) is 36.7 Å². The largest absolute Gasteiger partial charge is 0.489 e. The van der Waals surface area contributed by atoms with Crippen molar-refractivity contribution in [3.63, 3.8) is 0 Å². The summed E-state index contributed by atoms with van der Waals surface area (Å²) in [6.07, 6.45) is 6.49. The number of fused-ring (bicyclic) bond motifs is 7. The summed E-state index contributed by atoms with van der Waals surface area (Å²) in [5, 5.41) is 26.0. The first kappa shape index (κ1) is 60.4. The van der Waals surface area contributed by atoms with Crippen molar-refractivity contribution in [3.05, 3.63) is 84.1 Å². The van der Waals surface area contributed by atoms with Crippen LogP contribution in [0.2, 0.25) is 0 Å². The molecule has 8 rings (SSSR count). The number of likely N-dealkylation sites (N-methyl/N-ethyl adjacent to an activating group) is 1. The number of hydrogen-bond acceptors (Lipinski definition) is 19. The van der Waals surface area contributed by atoms with Gasteiger partial charge in [-0.25, -0.2) is 33.7 Å². The number of nitrogen functional groups attached to an aromatic ring is 1. The van der Waals surface area contributed by atoms with Crippen molar-refractivity contribution < 1.29 is 91.8 Å². The van der Waals surface area contributed by atoms with Crippen LogP contribution < -0.4 is 21.0 Å². The zero-order valence-electron chi connectivity index (χ0n) is 43.0. The summed E-state index contributed by atoms with van der Waals surface area (Å²) in [6, 6.07) is 9.05. The molecule has 28 nitrogen and oxygen atoms in total. The molecule has 432 valence electrons. The van der Waals surface area contributed by atoms with E-state index in [1.54, 1.807) is 12.1 Å². The van der Waals surface area contributed by atoms with Crippen molar-refractivity contribution in [1.82, 2.24) is 29.9 Å². The molecule has 1 aliphatic carbocycles. The van der Waals surface area contributed by atoms with E-state index in [0.717, 1.165) is 29.1 Å². The molecule has 5 heterocycles. The van der Waals surface area contributed by atoms with Gasteiger partial charge in [-0.05, 0) is 94.8 Å². The first-order chi connectivity index (χ1) is 37.0. The maximum Gasteiger partial charge on any atom is 0.489 e. The number of unbranched alkanes of at least 4 members (excludes halogenated alkanes) is 5. The van der Waals surface area contributed by atoms with E-state index in [1.165, 1.54) is 35.2 Å². The number of benzene rings is 2. The Morgan fingerprint density at radius 3 is 2.23 bits per heavy atom. The van der Waals surface area contributed by atoms with Crippen LogP contribution in [0.1, 0.15) is 95.9 Å². The number of aromatic nitrogens is 4. The summed E-state index contributed by atoms with van der Waals surface area (Å²) < 4.78 is 129. The number of rotatable bonds is 25. The Morgan fingerprint density at radius 1 is 0.861 bits per heavy atom. The van der Waals surface area contributed by atoms with Crippen molar-refractivity contribution in [2.24, 2.45) is 0 Å². The highest BCUT2D eigenvalue weighted by Crippen LogP contribution is 2.66. The summed E-state index contributed by atoms with van der Waals surface area (Å²) in [6.45, 7) is 6.25. The highest BCUT2D eigenvalue weighted by Gasteiger charge is 2.56. The zero-order valence-corrected chi connectivity index (χ0v) is 47.3. The number of carbonyl (C=O) groups is 1. The third kappa shape index (κ3) is 13.2. The van der Waals surface area contributed by atoms with E-state index in [-0.39, 0.29) is 52.1 Å². The SMILES string of the molecule is CCN1/C2=C/C=C/C3=[N+](CCCCCC(=O)NCCCCCCNP(=O)(O)OP(=O)(O)OP(=O)(O)OC[C@H]4O[C@@H](n5cnc6c(N)ncnc65)[C@H](O)[C@@H]4O)c4ccc(S(=O)(=O)O)cc4C3(C)CC2(C)c2cc(S(=O)(=O)O)ccc21. The lowest BCUT2D eigenvalue weighted by atomic mass is 9.64. The normalized spacial score (nSPS) is 26.2. The number of phosphoric ester groups is 1. The predicted octanol–water partition coefficient (Wildman–Crippen LogP) is 4.40. The van der Waals surface area contributed by atoms with Gasteiger partial charge in [-0.1, -0.05) is 18.9 Å². The number of aliphatic hydroxyl groups excluding tert-OH is 2. The predicted molar refractivity (Wildman–Crippen MR) is 283 cm³/mol. The number of nitrogens with one attached hydrogen (secondary N) is 2. The fraction of sp³-hybridized carbons (Fsp3) is 0.500. The molecule has 79 heavy (non-hydrogen) atoms. The number of phosphoric acid groups is 2. The second-order valence-corrected chi connectivity index (χ2v) is 27.5. The summed E-state index contributed by atoms with van der Waals surface area (Å²) in [4.78, 5) is 56.5. The molecule has 2 aromatic heterocycles. The molecular formula is C46H63N9O19P3S2+. The molecule has 1 saturated heterocycles. The van der Waals surface area contributed by atoms with E-state index in [9.17, 15) is 69.3 Å². The van der Waals surface area contributed by atoms with Gasteiger partial charge in [0.25, 0.3) is 20.2 Å². The van der Waals surface area contributed by atoms with E-state index in [1.807, 2.05) is 39.0 Å². The van der Waals surface area contributed by atoms with Crippen LogP contribution in [0.15, 0.2) is 82.8 Å². The van der Waals surface area contributed by atoms with Crippen LogP contribution in [0.5, 0.6) is 0 Å². The fourth-order valence-electron chi connectivity index (χ4n) is 10.8. The number of amides is 1. The highest BCUT2D eigenvalue weighted by molar-refractivity contribution is 7.86. The zero-order chi connectivity index (χ0) is 57.5. The molecule has 11 N–H and O–H groups in total. The summed E-state index contributed by atoms with van der Waals surface area (Å²) in [5.74, 6) is -0.133. The molecule has 4 aliphatic rings. The molecule has 2 aromatic carbocycles. The Bertz CT molecular complexity index is 3490. The molecule has 1 amide bonds. The van der Waals surface area contributed by atoms with Gasteiger partial charge in [-0.3, -0.25) is 23.0 Å². The average Bonchev–Trinajstić information content (AvgIpc) is 3.38. The molecular weight excluding hydrogens is 1140 g/mol. The molecule has 3 aliphatic heterocycles. The van der Waals surface area contributed by atoms with Crippen LogP contribution in [-0.4, -0.2) is 138 Å². The van der Waals surface area contributed by atoms with Gasteiger partial charge in [0.05, 0.1) is 28.1 Å². The Kier molecular flexibility index (Phi) is 17.8. The number of aliphatic hydroxyl groups is 2. The van der Waals surface area contributed by atoms with Crippen molar-refractivity contribution in [2.75, 3.05) is 43.4 Å². The van der Waals surface area contributed by atoms with Crippen LogP contribution >= 0.6 is 23.4 Å². The minimum Gasteiger partial charge on any atom is -0.387 e. The van der Waals surface area contributed by atoms with E-state index in [4.69, 9.17) is 10.5 Å². The Labute approximate surface area is 454 Å². The van der Waals surface area contributed by atoms with Crippen molar-refractivity contribution in [3.8, 4) is 0 Å². The molecule has 9 atom stereocenters. The van der Waals surface area contributed by atoms with Crippen LogP contribution in [0, 0.1) is 0 Å². The third-order valence-corrected chi connectivity index (χ3v) is 20.5. The quantitative estimate of drug-likeness (QED) is 0.0190. The highest BCUT2D eigenvalue weighted by atomic mass is 32.2. The van der Waals surface area contributed by atoms with Gasteiger partial charge >= 0.3 is 23.4 Å². The molecule has 0 radical (unpaired) electrons. The van der Waals surface area contributed by atoms with E-state index < -0.39 is 85.6 Å². The second kappa shape index (κ2) is 23.3. The van der Waals surface area contributed by atoms with Crippen molar-refractivity contribution >= 4 is 83.6 Å². The molecule has 5 unspecified atom stereocenters. The first-order valence-electron chi connectivity index (χ1n) is 25.1. The van der Waals surface area contributed by atoms with E-state index in [2.05, 4.69) is 48.0 Å². The number of allylic oxidation sites excluding steroid dienone is 4. The van der Waals surface area contributed by atoms with Crippen LogP contribution in [-0.2, 0) is 67.4 Å². The monoisotopic (exact) mass is 1200 g/mol. The van der Waals surface area contributed by atoms with Gasteiger partial charge in [-0.2, -0.15) is 30.0 Å². The molecule has 33 heteroatoms. The number of carbonyl (C=O) groups excluding carboxylic acids is 1. The number of hydrogen-bond donors (Lipinski definition) is 10. The Balaban J connectivity index is 0.756. The second-order valence-electron chi connectivity index (χ2n) is 19.9. The van der Waals surface area contributed by atoms with Gasteiger partial charge in [0.2, 0.25) is 11.6 Å². The van der Waals surface area contributed by atoms with Crippen molar-refractivity contribution in [2.45, 2.75) is 124 Å². The lowest BCUT2D eigenvalue weighted by Gasteiger charge is -2.37. The lowest BCUT2D eigenvalue weighted by molar-refractivity contribution is -0.438. The van der Waals surface area contributed by atoms with E-state index >= 15 is 0 Å². The number of imidazole rings is 1. The van der Waals surface area contributed by atoms with E-state index in [0.29, 0.717) is 75.7 Å². The number of ether oxygens (including phenoxy) is 1. The number of nitrogens with two attached hydrogens (primary N) is 1. The topological polar surface area (TPSA) is 415 Å². The smallest absolute Gasteiger partial charge is 0.387 e. The maximum absolute atomic E-state index is 12.8. The van der Waals surface area contributed by atoms with Crippen LogP contribution in [0.25, 0.3) is 11.2 Å².